The summed E-state index contributed by atoms with van der Waals surface area (Å²) in [7, 11) is 1.62. The number of rotatable bonds is 8. The molecular formula is C13H26N2O3. The van der Waals surface area contributed by atoms with E-state index in [-0.39, 0.29) is 11.9 Å². The lowest BCUT2D eigenvalue weighted by atomic mass is 10.1. The van der Waals surface area contributed by atoms with E-state index in [2.05, 4.69) is 10.6 Å². The monoisotopic (exact) mass is 258 g/mol. The van der Waals surface area contributed by atoms with Crippen LogP contribution in [0.2, 0.25) is 0 Å². The van der Waals surface area contributed by atoms with Gasteiger partial charge in [0.1, 0.15) is 0 Å². The molecule has 5 heteroatoms. The molecule has 1 amide bonds. The highest BCUT2D eigenvalue weighted by molar-refractivity contribution is 5.81. The van der Waals surface area contributed by atoms with Crippen molar-refractivity contribution in [3.8, 4) is 0 Å². The van der Waals surface area contributed by atoms with Crippen LogP contribution in [0.15, 0.2) is 0 Å². The van der Waals surface area contributed by atoms with Gasteiger partial charge in [-0.25, -0.2) is 0 Å². The Morgan fingerprint density at radius 3 is 2.94 bits per heavy atom. The number of ether oxygens (including phenoxy) is 2. The maximum atomic E-state index is 11.6. The molecule has 0 aliphatic carbocycles. The van der Waals surface area contributed by atoms with Crippen LogP contribution in [-0.4, -0.2) is 51.5 Å². The van der Waals surface area contributed by atoms with Gasteiger partial charge in [0.05, 0.1) is 18.8 Å². The average molecular weight is 258 g/mol. The molecule has 106 valence electrons. The van der Waals surface area contributed by atoms with Gasteiger partial charge in [-0.05, 0) is 39.2 Å². The number of hydrogen-bond donors (Lipinski definition) is 2. The van der Waals surface area contributed by atoms with E-state index in [9.17, 15) is 4.79 Å². The Morgan fingerprint density at radius 2 is 2.28 bits per heavy atom. The van der Waals surface area contributed by atoms with Crippen LogP contribution in [0.25, 0.3) is 0 Å². The molecule has 1 saturated heterocycles. The highest BCUT2D eigenvalue weighted by Crippen LogP contribution is 2.14. The molecule has 0 radical (unpaired) electrons. The van der Waals surface area contributed by atoms with Gasteiger partial charge in [0.25, 0.3) is 0 Å². The molecule has 1 heterocycles. The molecule has 18 heavy (non-hydrogen) atoms. The van der Waals surface area contributed by atoms with Crippen molar-refractivity contribution >= 4 is 5.91 Å². The zero-order chi connectivity index (χ0) is 13.2. The number of carbonyl (C=O) groups excluding carboxylic acids is 1. The molecule has 0 aromatic carbocycles. The van der Waals surface area contributed by atoms with Crippen LogP contribution in [0.4, 0.5) is 0 Å². The van der Waals surface area contributed by atoms with Gasteiger partial charge in [0, 0.05) is 20.3 Å². The van der Waals surface area contributed by atoms with E-state index in [0.29, 0.717) is 19.3 Å². The molecule has 5 nitrogen and oxygen atoms in total. The third-order valence-corrected chi connectivity index (χ3v) is 3.19. The van der Waals surface area contributed by atoms with Gasteiger partial charge in [-0.1, -0.05) is 0 Å². The first kappa shape index (κ1) is 15.4. The summed E-state index contributed by atoms with van der Waals surface area (Å²) in [6, 6.07) is -0.162. The molecule has 1 aliphatic heterocycles. The van der Waals surface area contributed by atoms with Crippen molar-refractivity contribution in [2.24, 2.45) is 0 Å². The highest BCUT2D eigenvalue weighted by Gasteiger charge is 2.15. The topological polar surface area (TPSA) is 59.6 Å². The van der Waals surface area contributed by atoms with E-state index < -0.39 is 0 Å². The normalized spacial score (nSPS) is 21.6. The highest BCUT2D eigenvalue weighted by atomic mass is 16.5. The Morgan fingerprint density at radius 1 is 1.44 bits per heavy atom. The third-order valence-electron chi connectivity index (χ3n) is 3.19. The molecule has 1 aliphatic rings. The van der Waals surface area contributed by atoms with Crippen LogP contribution in [-0.2, 0) is 14.3 Å². The molecule has 2 unspecified atom stereocenters. The maximum absolute atomic E-state index is 11.6. The lowest BCUT2D eigenvalue weighted by Gasteiger charge is -2.23. The van der Waals surface area contributed by atoms with E-state index >= 15 is 0 Å². The van der Waals surface area contributed by atoms with E-state index in [1.807, 2.05) is 6.92 Å². The SMILES string of the molecule is COCCNC(=O)C(C)NCCC1CCCCO1. The van der Waals surface area contributed by atoms with Crippen molar-refractivity contribution < 1.29 is 14.3 Å². The molecule has 0 saturated carbocycles. The first-order valence-corrected chi connectivity index (χ1v) is 6.85. The zero-order valence-electron chi connectivity index (χ0n) is 11.5. The van der Waals surface area contributed by atoms with Crippen LogP contribution in [0, 0.1) is 0 Å². The summed E-state index contributed by atoms with van der Waals surface area (Å²) in [5.41, 5.74) is 0. The molecule has 2 atom stereocenters. The molecule has 1 fully saturated rings. The second-order valence-corrected chi connectivity index (χ2v) is 4.74. The second-order valence-electron chi connectivity index (χ2n) is 4.74. The third kappa shape index (κ3) is 6.33. The van der Waals surface area contributed by atoms with Gasteiger partial charge in [-0.15, -0.1) is 0 Å². The minimum absolute atomic E-state index is 0.0246. The van der Waals surface area contributed by atoms with E-state index in [1.54, 1.807) is 7.11 Å². The molecule has 2 N–H and O–H groups in total. The van der Waals surface area contributed by atoms with Gasteiger partial charge >= 0.3 is 0 Å². The standard InChI is InChI=1S/C13H26N2O3/c1-11(13(16)15-8-10-17-2)14-7-6-12-5-3-4-9-18-12/h11-12,14H,3-10H2,1-2H3,(H,15,16). The number of methoxy groups -OCH3 is 1. The quantitative estimate of drug-likeness (QED) is 0.629. The predicted molar refractivity (Wildman–Crippen MR) is 70.6 cm³/mol. The first-order valence-electron chi connectivity index (χ1n) is 6.85. The van der Waals surface area contributed by atoms with Crippen LogP contribution in [0.1, 0.15) is 32.6 Å². The van der Waals surface area contributed by atoms with Crippen LogP contribution >= 0.6 is 0 Å². The van der Waals surface area contributed by atoms with Crippen molar-refractivity contribution in [2.45, 2.75) is 44.8 Å². The number of amides is 1. The van der Waals surface area contributed by atoms with Crippen molar-refractivity contribution in [1.82, 2.24) is 10.6 Å². The smallest absolute Gasteiger partial charge is 0.236 e. The van der Waals surface area contributed by atoms with Crippen LogP contribution < -0.4 is 10.6 Å². The predicted octanol–water partition coefficient (Wildman–Crippen LogP) is 0.686. The summed E-state index contributed by atoms with van der Waals surface area (Å²) in [5, 5.41) is 6.04. The van der Waals surface area contributed by atoms with Crippen molar-refractivity contribution in [3.63, 3.8) is 0 Å². The van der Waals surface area contributed by atoms with Gasteiger partial charge in [0.2, 0.25) is 5.91 Å². The van der Waals surface area contributed by atoms with Gasteiger partial charge in [0.15, 0.2) is 0 Å². The fourth-order valence-corrected chi connectivity index (χ4v) is 2.02. The molecule has 1 rings (SSSR count). The summed E-state index contributed by atoms with van der Waals surface area (Å²) >= 11 is 0. The number of nitrogens with one attached hydrogen (secondary N) is 2. The molecule has 0 aromatic heterocycles. The van der Waals surface area contributed by atoms with Gasteiger partial charge < -0.3 is 20.1 Å². The Balaban J connectivity index is 2.04. The van der Waals surface area contributed by atoms with E-state index in [0.717, 1.165) is 26.0 Å². The summed E-state index contributed by atoms with van der Waals surface area (Å²) in [4.78, 5) is 11.6. The lowest BCUT2D eigenvalue weighted by Crippen LogP contribution is -2.44. The Hall–Kier alpha value is -0.650. The summed E-state index contributed by atoms with van der Waals surface area (Å²) in [5.74, 6) is 0.0246. The Bertz CT molecular complexity index is 230. The number of carbonyl (C=O) groups is 1. The lowest BCUT2D eigenvalue weighted by molar-refractivity contribution is -0.123. The largest absolute Gasteiger partial charge is 0.383 e. The van der Waals surface area contributed by atoms with Crippen LogP contribution in [0.5, 0.6) is 0 Å². The summed E-state index contributed by atoms with van der Waals surface area (Å²) < 4.78 is 10.5. The maximum Gasteiger partial charge on any atom is 0.236 e. The average Bonchev–Trinajstić information content (AvgIpc) is 2.40. The Labute approximate surface area is 110 Å². The fourth-order valence-electron chi connectivity index (χ4n) is 2.02. The van der Waals surface area contributed by atoms with E-state index in [1.165, 1.54) is 12.8 Å². The zero-order valence-corrected chi connectivity index (χ0v) is 11.5. The Kier molecular flexibility index (Phi) is 7.96. The fraction of sp³-hybridized carbons (Fsp3) is 0.923. The summed E-state index contributed by atoms with van der Waals surface area (Å²) in [6.45, 7) is 4.70. The van der Waals surface area contributed by atoms with Gasteiger partial charge in [-0.2, -0.15) is 0 Å². The van der Waals surface area contributed by atoms with E-state index in [4.69, 9.17) is 9.47 Å². The van der Waals surface area contributed by atoms with Gasteiger partial charge in [-0.3, -0.25) is 4.79 Å². The minimum atomic E-state index is -0.162. The second kappa shape index (κ2) is 9.30. The summed E-state index contributed by atoms with van der Waals surface area (Å²) in [6.07, 6.45) is 4.95. The van der Waals surface area contributed by atoms with Crippen molar-refractivity contribution in [3.05, 3.63) is 0 Å². The minimum Gasteiger partial charge on any atom is -0.383 e. The molecule has 0 spiro atoms. The first-order chi connectivity index (χ1) is 8.74. The molecular weight excluding hydrogens is 232 g/mol. The molecule has 0 aromatic rings. The number of hydrogen-bond acceptors (Lipinski definition) is 4. The van der Waals surface area contributed by atoms with Crippen molar-refractivity contribution in [1.29, 1.82) is 0 Å². The van der Waals surface area contributed by atoms with Crippen molar-refractivity contribution in [2.75, 3.05) is 33.4 Å². The van der Waals surface area contributed by atoms with Crippen LogP contribution in [0.3, 0.4) is 0 Å². The molecule has 0 bridgehead atoms.